The third-order valence-corrected chi connectivity index (χ3v) is 3.63. The minimum Gasteiger partial charge on any atom is -0.369 e. The molecule has 3 rings (SSSR count). The highest BCUT2D eigenvalue weighted by Crippen LogP contribution is 2.24. The molecule has 0 saturated heterocycles. The molecule has 0 fully saturated rings. The number of carbonyl (C=O) groups excluding carboxylic acids is 1. The molecule has 0 spiro atoms. The van der Waals surface area contributed by atoms with Gasteiger partial charge >= 0.3 is 0 Å². The van der Waals surface area contributed by atoms with Crippen molar-refractivity contribution >= 4 is 11.6 Å². The molecule has 0 aliphatic rings. The zero-order chi connectivity index (χ0) is 16.9. The van der Waals surface area contributed by atoms with E-state index < -0.39 is 12.1 Å². The van der Waals surface area contributed by atoms with E-state index in [1.165, 1.54) is 12.3 Å². The first-order chi connectivity index (χ1) is 11.6. The molecule has 1 unspecified atom stereocenters. The van der Waals surface area contributed by atoms with Crippen molar-refractivity contribution in [2.24, 2.45) is 5.73 Å². The van der Waals surface area contributed by atoms with Gasteiger partial charge in [0.05, 0.1) is 0 Å². The Morgan fingerprint density at radius 2 is 1.75 bits per heavy atom. The topological polar surface area (TPSA) is 88.2 Å². The Hall–Kier alpha value is -3.18. The Bertz CT molecular complexity index is 833. The van der Waals surface area contributed by atoms with Crippen LogP contribution in [0.25, 0.3) is 11.1 Å². The van der Waals surface area contributed by atoms with Gasteiger partial charge < -0.3 is 16.2 Å². The number of aliphatic hydroxyl groups is 1. The number of nitrogens with two attached hydrogens (primary N) is 1. The molecular formula is C19H17N3O2. The second kappa shape index (κ2) is 6.93. The van der Waals surface area contributed by atoms with Gasteiger partial charge in [0.2, 0.25) is 0 Å². The average molecular weight is 319 g/mol. The highest BCUT2D eigenvalue weighted by atomic mass is 16.3. The summed E-state index contributed by atoms with van der Waals surface area (Å²) >= 11 is 0. The number of nitrogens with one attached hydrogen (secondary N) is 1. The van der Waals surface area contributed by atoms with Crippen LogP contribution in [0.2, 0.25) is 0 Å². The van der Waals surface area contributed by atoms with Crippen LogP contribution in [-0.4, -0.2) is 16.0 Å². The van der Waals surface area contributed by atoms with E-state index in [-0.39, 0.29) is 5.69 Å². The molecule has 1 atom stereocenters. The van der Waals surface area contributed by atoms with Crippen molar-refractivity contribution in [1.82, 2.24) is 4.98 Å². The van der Waals surface area contributed by atoms with Gasteiger partial charge in [0.1, 0.15) is 5.69 Å². The lowest BCUT2D eigenvalue weighted by atomic mass is 10.1. The molecule has 4 N–H and O–H groups in total. The van der Waals surface area contributed by atoms with Crippen LogP contribution in [0.5, 0.6) is 0 Å². The lowest BCUT2D eigenvalue weighted by molar-refractivity contribution is 0.0995. The molecule has 1 heterocycles. The Morgan fingerprint density at radius 1 is 1.00 bits per heavy atom. The third kappa shape index (κ3) is 3.59. The highest BCUT2D eigenvalue weighted by molar-refractivity contribution is 5.90. The summed E-state index contributed by atoms with van der Waals surface area (Å²) in [6.45, 7) is 0. The number of amides is 1. The number of benzene rings is 2. The van der Waals surface area contributed by atoms with Crippen LogP contribution >= 0.6 is 0 Å². The van der Waals surface area contributed by atoms with Crippen molar-refractivity contribution in [3.63, 3.8) is 0 Å². The molecule has 5 heteroatoms. The van der Waals surface area contributed by atoms with Gasteiger partial charge in [0, 0.05) is 17.4 Å². The van der Waals surface area contributed by atoms with Crippen LogP contribution < -0.4 is 11.1 Å². The van der Waals surface area contributed by atoms with Crippen molar-refractivity contribution in [2.75, 3.05) is 5.32 Å². The summed E-state index contributed by atoms with van der Waals surface area (Å²) in [6, 6.07) is 20.9. The van der Waals surface area contributed by atoms with Gasteiger partial charge in [-0.3, -0.25) is 9.78 Å². The molecule has 0 saturated carbocycles. The van der Waals surface area contributed by atoms with E-state index in [1.807, 2.05) is 54.6 Å². The maximum absolute atomic E-state index is 11.0. The Kier molecular flexibility index (Phi) is 4.54. The monoisotopic (exact) mass is 319 g/mol. The fourth-order valence-corrected chi connectivity index (χ4v) is 2.37. The number of rotatable bonds is 5. The molecule has 5 nitrogen and oxygen atoms in total. The molecule has 1 aromatic heterocycles. The largest absolute Gasteiger partial charge is 0.369 e. The summed E-state index contributed by atoms with van der Waals surface area (Å²) in [7, 11) is 0. The number of hydrogen-bond acceptors (Lipinski definition) is 4. The smallest absolute Gasteiger partial charge is 0.267 e. The van der Waals surface area contributed by atoms with E-state index >= 15 is 0 Å². The molecule has 2 aromatic carbocycles. The summed E-state index contributed by atoms with van der Waals surface area (Å²) < 4.78 is 0. The molecule has 3 aromatic rings. The SMILES string of the molecule is NC(=O)c1ccc(C(O)Nc2cccc(-c3ccccc3)c2)cn1. The van der Waals surface area contributed by atoms with Gasteiger partial charge in [-0.1, -0.05) is 48.5 Å². The quantitative estimate of drug-likeness (QED) is 0.631. The number of hydrogen-bond donors (Lipinski definition) is 3. The van der Waals surface area contributed by atoms with E-state index in [1.54, 1.807) is 6.07 Å². The Morgan fingerprint density at radius 3 is 2.42 bits per heavy atom. The molecule has 0 bridgehead atoms. The van der Waals surface area contributed by atoms with Crippen molar-refractivity contribution < 1.29 is 9.90 Å². The van der Waals surface area contributed by atoms with Gasteiger partial charge in [-0.2, -0.15) is 0 Å². The fourth-order valence-electron chi connectivity index (χ4n) is 2.37. The van der Waals surface area contributed by atoms with Crippen molar-refractivity contribution in [3.8, 4) is 11.1 Å². The number of primary amides is 1. The minimum absolute atomic E-state index is 0.164. The first-order valence-electron chi connectivity index (χ1n) is 7.49. The van der Waals surface area contributed by atoms with E-state index in [0.29, 0.717) is 5.56 Å². The lowest BCUT2D eigenvalue weighted by Gasteiger charge is -2.15. The number of anilines is 1. The molecule has 1 amide bonds. The second-order valence-corrected chi connectivity index (χ2v) is 5.33. The summed E-state index contributed by atoms with van der Waals surface area (Å²) in [5.41, 5.74) is 8.80. The number of nitrogens with zero attached hydrogens (tertiary/aromatic N) is 1. The van der Waals surface area contributed by atoms with Gasteiger partial charge in [0.15, 0.2) is 6.23 Å². The average Bonchev–Trinajstić information content (AvgIpc) is 2.63. The number of aromatic nitrogens is 1. The summed E-state index contributed by atoms with van der Waals surface area (Å²) in [5, 5.41) is 13.3. The van der Waals surface area contributed by atoms with Crippen LogP contribution in [-0.2, 0) is 0 Å². The fraction of sp³-hybridized carbons (Fsp3) is 0.0526. The van der Waals surface area contributed by atoms with E-state index in [9.17, 15) is 9.90 Å². The van der Waals surface area contributed by atoms with E-state index in [0.717, 1.165) is 16.8 Å². The van der Waals surface area contributed by atoms with Gasteiger partial charge in [0.25, 0.3) is 5.91 Å². The van der Waals surface area contributed by atoms with Gasteiger partial charge in [-0.15, -0.1) is 0 Å². The van der Waals surface area contributed by atoms with E-state index in [2.05, 4.69) is 10.3 Å². The predicted octanol–water partition coefficient (Wildman–Crippen LogP) is 2.95. The van der Waals surface area contributed by atoms with Crippen LogP contribution in [0.15, 0.2) is 72.9 Å². The van der Waals surface area contributed by atoms with Crippen molar-refractivity contribution in [2.45, 2.75) is 6.23 Å². The van der Waals surface area contributed by atoms with Gasteiger partial charge in [-0.05, 0) is 29.3 Å². The van der Waals surface area contributed by atoms with E-state index in [4.69, 9.17) is 5.73 Å². The normalized spacial score (nSPS) is 11.7. The molecule has 24 heavy (non-hydrogen) atoms. The van der Waals surface area contributed by atoms with Gasteiger partial charge in [-0.25, -0.2) is 0 Å². The number of aliphatic hydroxyl groups excluding tert-OH is 1. The van der Waals surface area contributed by atoms with Crippen LogP contribution in [0, 0.1) is 0 Å². The molecule has 0 aliphatic carbocycles. The molecular weight excluding hydrogens is 302 g/mol. The zero-order valence-corrected chi connectivity index (χ0v) is 12.9. The van der Waals surface area contributed by atoms with Crippen LogP contribution in [0.4, 0.5) is 5.69 Å². The predicted molar refractivity (Wildman–Crippen MR) is 93.2 cm³/mol. The number of carbonyl (C=O) groups is 1. The Balaban J connectivity index is 1.77. The maximum atomic E-state index is 11.0. The second-order valence-electron chi connectivity index (χ2n) is 5.33. The first kappa shape index (κ1) is 15.7. The first-order valence-corrected chi connectivity index (χ1v) is 7.49. The maximum Gasteiger partial charge on any atom is 0.267 e. The lowest BCUT2D eigenvalue weighted by Crippen LogP contribution is -2.14. The molecule has 0 aliphatic heterocycles. The van der Waals surface area contributed by atoms with Crippen molar-refractivity contribution in [1.29, 1.82) is 0 Å². The molecule has 0 radical (unpaired) electrons. The number of pyridine rings is 1. The zero-order valence-electron chi connectivity index (χ0n) is 12.9. The van der Waals surface area contributed by atoms with Crippen LogP contribution in [0.1, 0.15) is 22.3 Å². The summed E-state index contributed by atoms with van der Waals surface area (Å²) in [6.07, 6.45) is 0.490. The molecule has 120 valence electrons. The highest BCUT2D eigenvalue weighted by Gasteiger charge is 2.10. The summed E-state index contributed by atoms with van der Waals surface area (Å²) in [5.74, 6) is -0.598. The Labute approximate surface area is 139 Å². The van der Waals surface area contributed by atoms with Crippen molar-refractivity contribution in [3.05, 3.63) is 84.2 Å². The standard InChI is InChI=1S/C19H17N3O2/c20-18(23)17-10-9-15(12-21-17)19(24)22-16-8-4-7-14(11-16)13-5-2-1-3-6-13/h1-12,19,22,24H,(H2,20,23). The summed E-state index contributed by atoms with van der Waals surface area (Å²) in [4.78, 5) is 15.0. The third-order valence-electron chi connectivity index (χ3n) is 3.63. The minimum atomic E-state index is -0.939. The van der Waals surface area contributed by atoms with Crippen LogP contribution in [0.3, 0.4) is 0 Å².